The summed E-state index contributed by atoms with van der Waals surface area (Å²) in [7, 11) is 3.13. The first-order valence-corrected chi connectivity index (χ1v) is 8.05. The number of phenols is 1. The largest absolute Gasteiger partial charge is 0.508 e. The minimum absolute atomic E-state index is 0.181. The van der Waals surface area contributed by atoms with E-state index in [-0.39, 0.29) is 12.4 Å². The molecule has 0 heterocycles. The second-order valence-corrected chi connectivity index (χ2v) is 5.88. The van der Waals surface area contributed by atoms with Crippen LogP contribution in [0.5, 0.6) is 23.0 Å². The Kier molecular flexibility index (Phi) is 6.43. The number of hydrogen-bond donors (Lipinski definition) is 2. The first-order chi connectivity index (χ1) is 11.1. The fourth-order valence-electron chi connectivity index (χ4n) is 1.88. The van der Waals surface area contributed by atoms with Crippen LogP contribution in [0.3, 0.4) is 0 Å². The molecule has 0 spiro atoms. The highest BCUT2D eigenvalue weighted by molar-refractivity contribution is 7.99. The standard InChI is InChI=1S/C17H20O5S/c1-20-16-8-5-14(9-17(16)21-2)22-10-13(19)11-23-15-6-3-12(18)4-7-15/h3-9,13,18-19H,10-11H2,1-2H3. The van der Waals surface area contributed by atoms with Gasteiger partial charge in [0.05, 0.1) is 20.3 Å². The molecule has 0 radical (unpaired) electrons. The molecule has 23 heavy (non-hydrogen) atoms. The zero-order valence-electron chi connectivity index (χ0n) is 13.1. The first kappa shape index (κ1) is 17.3. The summed E-state index contributed by atoms with van der Waals surface area (Å²) in [6.45, 7) is 0.181. The van der Waals surface area contributed by atoms with Gasteiger partial charge >= 0.3 is 0 Å². The number of aromatic hydroxyl groups is 1. The van der Waals surface area contributed by atoms with Crippen LogP contribution in [0.2, 0.25) is 0 Å². The van der Waals surface area contributed by atoms with Gasteiger partial charge in [-0.05, 0) is 36.4 Å². The Balaban J connectivity index is 1.82. The van der Waals surface area contributed by atoms with E-state index < -0.39 is 6.10 Å². The van der Waals surface area contributed by atoms with Crippen LogP contribution in [-0.4, -0.2) is 42.9 Å². The van der Waals surface area contributed by atoms with E-state index in [1.807, 2.05) is 12.1 Å². The normalized spacial score (nSPS) is 11.8. The van der Waals surface area contributed by atoms with Gasteiger partial charge in [-0.3, -0.25) is 0 Å². The molecule has 2 rings (SSSR count). The fraction of sp³-hybridized carbons (Fsp3) is 0.294. The summed E-state index contributed by atoms with van der Waals surface area (Å²) in [5, 5.41) is 19.2. The smallest absolute Gasteiger partial charge is 0.164 e. The number of phenolic OH excluding ortho intramolecular Hbond substituents is 1. The van der Waals surface area contributed by atoms with Crippen LogP contribution in [-0.2, 0) is 0 Å². The number of methoxy groups -OCH3 is 2. The zero-order chi connectivity index (χ0) is 16.7. The second kappa shape index (κ2) is 8.55. The Morgan fingerprint density at radius 1 is 1.00 bits per heavy atom. The lowest BCUT2D eigenvalue weighted by molar-refractivity contribution is 0.126. The predicted molar refractivity (Wildman–Crippen MR) is 89.9 cm³/mol. The topological polar surface area (TPSA) is 68.2 Å². The predicted octanol–water partition coefficient (Wildman–Crippen LogP) is 2.94. The van der Waals surface area contributed by atoms with E-state index >= 15 is 0 Å². The highest BCUT2D eigenvalue weighted by atomic mass is 32.2. The van der Waals surface area contributed by atoms with Crippen LogP contribution in [0.4, 0.5) is 0 Å². The molecule has 0 aliphatic rings. The summed E-state index contributed by atoms with van der Waals surface area (Å²) < 4.78 is 15.9. The number of rotatable bonds is 8. The molecule has 0 aliphatic heterocycles. The van der Waals surface area contributed by atoms with E-state index in [2.05, 4.69) is 0 Å². The van der Waals surface area contributed by atoms with Crippen LogP contribution in [0.25, 0.3) is 0 Å². The lowest BCUT2D eigenvalue weighted by atomic mass is 10.3. The van der Waals surface area contributed by atoms with Crippen LogP contribution in [0.1, 0.15) is 0 Å². The molecule has 0 saturated heterocycles. The van der Waals surface area contributed by atoms with E-state index in [0.29, 0.717) is 23.0 Å². The molecule has 0 fully saturated rings. The molecule has 1 atom stereocenters. The molecule has 6 heteroatoms. The van der Waals surface area contributed by atoms with Gasteiger partial charge in [0.15, 0.2) is 11.5 Å². The molecule has 0 aliphatic carbocycles. The van der Waals surface area contributed by atoms with Crippen LogP contribution in [0, 0.1) is 0 Å². The highest BCUT2D eigenvalue weighted by Crippen LogP contribution is 2.31. The lowest BCUT2D eigenvalue weighted by Crippen LogP contribution is -2.20. The van der Waals surface area contributed by atoms with Crippen molar-refractivity contribution in [1.82, 2.24) is 0 Å². The second-order valence-electron chi connectivity index (χ2n) is 4.79. The molecule has 124 valence electrons. The van der Waals surface area contributed by atoms with Crippen LogP contribution >= 0.6 is 11.8 Å². The van der Waals surface area contributed by atoms with E-state index in [1.165, 1.54) is 11.8 Å². The third-order valence-electron chi connectivity index (χ3n) is 3.08. The molecule has 0 aromatic heterocycles. The molecule has 2 N–H and O–H groups in total. The van der Waals surface area contributed by atoms with Crippen molar-refractivity contribution in [2.24, 2.45) is 0 Å². The van der Waals surface area contributed by atoms with Crippen molar-refractivity contribution in [2.75, 3.05) is 26.6 Å². The van der Waals surface area contributed by atoms with Gasteiger partial charge in [0, 0.05) is 16.7 Å². The zero-order valence-corrected chi connectivity index (χ0v) is 13.9. The van der Waals surface area contributed by atoms with Crippen molar-refractivity contribution >= 4 is 11.8 Å². The van der Waals surface area contributed by atoms with Crippen molar-refractivity contribution in [1.29, 1.82) is 0 Å². The van der Waals surface area contributed by atoms with Gasteiger partial charge < -0.3 is 24.4 Å². The summed E-state index contributed by atoms with van der Waals surface area (Å²) >= 11 is 1.50. The van der Waals surface area contributed by atoms with Gasteiger partial charge in [0.1, 0.15) is 18.1 Å². The quantitative estimate of drug-likeness (QED) is 0.723. The number of hydrogen-bond acceptors (Lipinski definition) is 6. The summed E-state index contributed by atoms with van der Waals surface area (Å²) in [6.07, 6.45) is -0.609. The van der Waals surface area contributed by atoms with Crippen molar-refractivity contribution in [3.8, 4) is 23.0 Å². The van der Waals surface area contributed by atoms with Crippen molar-refractivity contribution < 1.29 is 24.4 Å². The average molecular weight is 336 g/mol. The number of thioether (sulfide) groups is 1. The minimum Gasteiger partial charge on any atom is -0.508 e. The maximum atomic E-state index is 10.0. The van der Waals surface area contributed by atoms with Crippen LogP contribution < -0.4 is 14.2 Å². The fourth-order valence-corrected chi connectivity index (χ4v) is 2.69. The third kappa shape index (κ3) is 5.26. The maximum Gasteiger partial charge on any atom is 0.164 e. The molecule has 0 amide bonds. The number of aliphatic hydroxyl groups excluding tert-OH is 1. The Morgan fingerprint density at radius 3 is 2.35 bits per heavy atom. The molecule has 2 aromatic rings. The minimum atomic E-state index is -0.609. The van der Waals surface area contributed by atoms with Gasteiger partial charge in [-0.1, -0.05) is 0 Å². The van der Waals surface area contributed by atoms with Crippen LogP contribution in [0.15, 0.2) is 47.4 Å². The van der Waals surface area contributed by atoms with E-state index in [4.69, 9.17) is 14.2 Å². The highest BCUT2D eigenvalue weighted by Gasteiger charge is 2.09. The van der Waals surface area contributed by atoms with E-state index in [9.17, 15) is 10.2 Å². The summed E-state index contributed by atoms with van der Waals surface area (Å²) in [5.41, 5.74) is 0. The van der Waals surface area contributed by atoms with Gasteiger partial charge in [-0.2, -0.15) is 0 Å². The van der Waals surface area contributed by atoms with Gasteiger partial charge in [0.25, 0.3) is 0 Å². The van der Waals surface area contributed by atoms with Crippen molar-refractivity contribution in [3.63, 3.8) is 0 Å². The Bertz CT molecular complexity index is 615. The third-order valence-corrected chi connectivity index (χ3v) is 4.23. The van der Waals surface area contributed by atoms with Crippen molar-refractivity contribution in [3.05, 3.63) is 42.5 Å². The average Bonchev–Trinajstić information content (AvgIpc) is 2.59. The summed E-state index contributed by atoms with van der Waals surface area (Å²) in [5.74, 6) is 2.54. The molecule has 1 unspecified atom stereocenters. The summed E-state index contributed by atoms with van der Waals surface area (Å²) in [6, 6.07) is 12.1. The number of ether oxygens (including phenoxy) is 3. The SMILES string of the molecule is COc1ccc(OCC(O)CSc2ccc(O)cc2)cc1OC. The lowest BCUT2D eigenvalue weighted by Gasteiger charge is -2.14. The van der Waals surface area contributed by atoms with Gasteiger partial charge in [-0.25, -0.2) is 0 Å². The molecule has 0 saturated carbocycles. The Hall–Kier alpha value is -2.05. The summed E-state index contributed by atoms with van der Waals surface area (Å²) in [4.78, 5) is 0.980. The molecular formula is C17H20O5S. The van der Waals surface area contributed by atoms with Gasteiger partial charge in [-0.15, -0.1) is 11.8 Å². The van der Waals surface area contributed by atoms with Gasteiger partial charge in [0.2, 0.25) is 0 Å². The van der Waals surface area contributed by atoms with E-state index in [0.717, 1.165) is 4.90 Å². The Morgan fingerprint density at radius 2 is 1.70 bits per heavy atom. The number of aliphatic hydroxyl groups is 1. The first-order valence-electron chi connectivity index (χ1n) is 7.07. The maximum absolute atomic E-state index is 10.0. The molecule has 0 bridgehead atoms. The molecular weight excluding hydrogens is 316 g/mol. The Labute approximate surface area is 139 Å². The monoisotopic (exact) mass is 336 g/mol. The van der Waals surface area contributed by atoms with E-state index in [1.54, 1.807) is 44.6 Å². The van der Waals surface area contributed by atoms with Crippen molar-refractivity contribution in [2.45, 2.75) is 11.0 Å². The molecule has 2 aromatic carbocycles. The number of benzene rings is 2. The molecule has 5 nitrogen and oxygen atoms in total.